The quantitative estimate of drug-likeness (QED) is 0.858. The van der Waals surface area contributed by atoms with Gasteiger partial charge in [-0.3, -0.25) is 9.59 Å². The number of nitrogens with zero attached hydrogens (tertiary/aromatic N) is 2. The van der Waals surface area contributed by atoms with Crippen LogP contribution in [-0.4, -0.2) is 48.8 Å². The van der Waals surface area contributed by atoms with Crippen LogP contribution in [0.4, 0.5) is 4.39 Å². The van der Waals surface area contributed by atoms with Gasteiger partial charge in [0.25, 0.3) is 0 Å². The average molecular weight is 306 g/mol. The minimum Gasteiger partial charge on any atom is -0.348 e. The molecule has 2 rings (SSSR count). The van der Waals surface area contributed by atoms with Gasteiger partial charge in [0.15, 0.2) is 0 Å². The fourth-order valence-corrected chi connectivity index (χ4v) is 3.18. The Morgan fingerprint density at radius 3 is 2.18 bits per heavy atom. The van der Waals surface area contributed by atoms with Crippen molar-refractivity contribution in [1.29, 1.82) is 0 Å². The maximum absolute atomic E-state index is 13.1. The van der Waals surface area contributed by atoms with Crippen LogP contribution in [0.25, 0.3) is 0 Å². The van der Waals surface area contributed by atoms with Crippen molar-refractivity contribution in [2.45, 2.75) is 26.2 Å². The van der Waals surface area contributed by atoms with E-state index >= 15 is 0 Å². The molecule has 1 aliphatic heterocycles. The van der Waals surface area contributed by atoms with E-state index in [-0.39, 0.29) is 17.6 Å². The second-order valence-electron chi connectivity index (χ2n) is 6.29. The van der Waals surface area contributed by atoms with Crippen molar-refractivity contribution in [2.75, 3.05) is 27.2 Å². The fourth-order valence-electron chi connectivity index (χ4n) is 3.18. The molecular formula is C17H23FN2O2. The predicted octanol–water partition coefficient (Wildman–Crippen LogP) is 2.09. The topological polar surface area (TPSA) is 40.6 Å². The first-order valence-electron chi connectivity index (χ1n) is 7.56. The number of benzene rings is 1. The zero-order chi connectivity index (χ0) is 16.3. The molecule has 0 N–H and O–H groups in total. The number of rotatable bonds is 3. The molecule has 0 aliphatic carbocycles. The smallest absolute Gasteiger partial charge is 0.228 e. The Balaban J connectivity index is 2.22. The minimum absolute atomic E-state index is 0.0488. The van der Waals surface area contributed by atoms with E-state index in [4.69, 9.17) is 0 Å². The first kappa shape index (κ1) is 16.5. The maximum Gasteiger partial charge on any atom is 0.228 e. The van der Waals surface area contributed by atoms with E-state index in [0.717, 1.165) is 5.56 Å². The SMILES string of the molecule is CC(=O)N1CCC(Cc2ccc(F)cc2)(C(=O)N(C)C)CC1. The van der Waals surface area contributed by atoms with Crippen LogP contribution < -0.4 is 0 Å². The Bertz CT molecular complexity index is 546. The van der Waals surface area contributed by atoms with Gasteiger partial charge in [-0.2, -0.15) is 0 Å². The molecule has 1 fully saturated rings. The van der Waals surface area contributed by atoms with E-state index < -0.39 is 5.41 Å². The maximum atomic E-state index is 13.1. The number of carbonyl (C=O) groups is 2. The average Bonchev–Trinajstić information content (AvgIpc) is 2.49. The van der Waals surface area contributed by atoms with Gasteiger partial charge in [0, 0.05) is 34.1 Å². The molecule has 2 amide bonds. The van der Waals surface area contributed by atoms with Gasteiger partial charge < -0.3 is 9.80 Å². The molecule has 1 aromatic rings. The van der Waals surface area contributed by atoms with Gasteiger partial charge in [-0.25, -0.2) is 4.39 Å². The van der Waals surface area contributed by atoms with Crippen LogP contribution in [0.3, 0.4) is 0 Å². The van der Waals surface area contributed by atoms with Crippen molar-refractivity contribution < 1.29 is 14.0 Å². The van der Waals surface area contributed by atoms with Crippen LogP contribution in [0, 0.1) is 11.2 Å². The summed E-state index contributed by atoms with van der Waals surface area (Å²) >= 11 is 0. The number of piperidine rings is 1. The summed E-state index contributed by atoms with van der Waals surface area (Å²) in [7, 11) is 3.51. The third kappa shape index (κ3) is 3.46. The summed E-state index contributed by atoms with van der Waals surface area (Å²) in [6.45, 7) is 2.74. The number of carbonyl (C=O) groups excluding carboxylic acids is 2. The van der Waals surface area contributed by atoms with E-state index in [1.54, 1.807) is 43.0 Å². The molecule has 0 radical (unpaired) electrons. The number of hydrogen-bond acceptors (Lipinski definition) is 2. The van der Waals surface area contributed by atoms with Crippen LogP contribution in [0.15, 0.2) is 24.3 Å². The van der Waals surface area contributed by atoms with Crippen molar-refractivity contribution in [1.82, 2.24) is 9.80 Å². The zero-order valence-electron chi connectivity index (χ0n) is 13.4. The predicted molar refractivity (Wildman–Crippen MR) is 82.7 cm³/mol. The molecule has 1 aliphatic rings. The van der Waals surface area contributed by atoms with Crippen molar-refractivity contribution in [3.05, 3.63) is 35.6 Å². The molecule has 1 aromatic carbocycles. The third-order valence-corrected chi connectivity index (χ3v) is 4.48. The van der Waals surface area contributed by atoms with Gasteiger partial charge in [0.1, 0.15) is 5.82 Å². The normalized spacial score (nSPS) is 17.2. The highest BCUT2D eigenvalue weighted by Gasteiger charge is 2.42. The molecule has 0 bridgehead atoms. The zero-order valence-corrected chi connectivity index (χ0v) is 13.4. The van der Waals surface area contributed by atoms with Crippen LogP contribution in [0.2, 0.25) is 0 Å². The number of halogens is 1. The van der Waals surface area contributed by atoms with E-state index in [1.165, 1.54) is 12.1 Å². The summed E-state index contributed by atoms with van der Waals surface area (Å²) in [4.78, 5) is 27.6. The lowest BCUT2D eigenvalue weighted by Crippen LogP contribution is -2.50. The number of likely N-dealkylation sites (tertiary alicyclic amines) is 1. The second kappa shape index (κ2) is 6.46. The fraction of sp³-hybridized carbons (Fsp3) is 0.529. The monoisotopic (exact) mass is 306 g/mol. The Morgan fingerprint density at radius 1 is 1.18 bits per heavy atom. The highest BCUT2D eigenvalue weighted by atomic mass is 19.1. The highest BCUT2D eigenvalue weighted by Crippen LogP contribution is 2.37. The van der Waals surface area contributed by atoms with Crippen LogP contribution in [0.5, 0.6) is 0 Å². The third-order valence-electron chi connectivity index (χ3n) is 4.48. The summed E-state index contributed by atoms with van der Waals surface area (Å²) < 4.78 is 13.1. The van der Waals surface area contributed by atoms with E-state index in [2.05, 4.69) is 0 Å². The lowest BCUT2D eigenvalue weighted by Gasteiger charge is -2.42. The van der Waals surface area contributed by atoms with Crippen molar-refractivity contribution in [3.63, 3.8) is 0 Å². The molecule has 0 saturated carbocycles. The van der Waals surface area contributed by atoms with Gasteiger partial charge in [0.2, 0.25) is 11.8 Å². The van der Waals surface area contributed by atoms with Crippen molar-refractivity contribution in [2.24, 2.45) is 5.41 Å². The Morgan fingerprint density at radius 2 is 1.73 bits per heavy atom. The molecule has 1 saturated heterocycles. The molecular weight excluding hydrogens is 283 g/mol. The lowest BCUT2D eigenvalue weighted by atomic mass is 9.72. The molecule has 0 atom stereocenters. The van der Waals surface area contributed by atoms with Gasteiger partial charge in [0.05, 0.1) is 5.41 Å². The molecule has 0 spiro atoms. The van der Waals surface area contributed by atoms with Gasteiger partial charge in [-0.05, 0) is 37.0 Å². The summed E-state index contributed by atoms with van der Waals surface area (Å²) in [5, 5.41) is 0. The number of amides is 2. The van der Waals surface area contributed by atoms with Crippen LogP contribution in [-0.2, 0) is 16.0 Å². The van der Waals surface area contributed by atoms with Crippen molar-refractivity contribution in [3.8, 4) is 0 Å². The van der Waals surface area contributed by atoms with Gasteiger partial charge in [-0.15, -0.1) is 0 Å². The standard InChI is InChI=1S/C17H23FN2O2/c1-13(21)20-10-8-17(9-11-20,16(22)19(2)3)12-14-4-6-15(18)7-5-14/h4-7H,8-12H2,1-3H3. The lowest BCUT2D eigenvalue weighted by molar-refractivity contribution is -0.145. The molecule has 4 nitrogen and oxygen atoms in total. The summed E-state index contributed by atoms with van der Waals surface area (Å²) in [5.74, 6) is -0.143. The van der Waals surface area contributed by atoms with Gasteiger partial charge >= 0.3 is 0 Å². The Labute approximate surface area is 130 Å². The van der Waals surface area contributed by atoms with E-state index in [0.29, 0.717) is 32.4 Å². The molecule has 22 heavy (non-hydrogen) atoms. The largest absolute Gasteiger partial charge is 0.348 e. The molecule has 120 valence electrons. The van der Waals surface area contributed by atoms with Crippen molar-refractivity contribution >= 4 is 11.8 Å². The minimum atomic E-state index is -0.507. The molecule has 0 unspecified atom stereocenters. The molecule has 1 heterocycles. The number of hydrogen-bond donors (Lipinski definition) is 0. The second-order valence-corrected chi connectivity index (χ2v) is 6.29. The highest BCUT2D eigenvalue weighted by molar-refractivity contribution is 5.83. The van der Waals surface area contributed by atoms with Gasteiger partial charge in [-0.1, -0.05) is 12.1 Å². The summed E-state index contributed by atoms with van der Waals surface area (Å²) in [6, 6.07) is 6.32. The summed E-state index contributed by atoms with van der Waals surface area (Å²) in [5.41, 5.74) is 0.445. The summed E-state index contributed by atoms with van der Waals surface area (Å²) in [6.07, 6.45) is 1.86. The van der Waals surface area contributed by atoms with E-state index in [9.17, 15) is 14.0 Å². The Kier molecular flexibility index (Phi) is 4.84. The molecule has 0 aromatic heterocycles. The van der Waals surface area contributed by atoms with Crippen LogP contribution >= 0.6 is 0 Å². The Hall–Kier alpha value is -1.91. The molecule has 5 heteroatoms. The first-order chi connectivity index (χ1) is 10.3. The van der Waals surface area contributed by atoms with E-state index in [1.807, 2.05) is 0 Å². The first-order valence-corrected chi connectivity index (χ1v) is 7.56. The van der Waals surface area contributed by atoms with Crippen LogP contribution in [0.1, 0.15) is 25.3 Å².